The third kappa shape index (κ3) is 3.04. The lowest BCUT2D eigenvalue weighted by Crippen LogP contribution is -2.26. The fourth-order valence-corrected chi connectivity index (χ4v) is 2.95. The van der Waals surface area contributed by atoms with E-state index in [1.165, 1.54) is 13.0 Å². The monoisotopic (exact) mass is 289 g/mol. The van der Waals surface area contributed by atoms with Crippen LogP contribution in [0, 0.1) is 18.7 Å². The van der Waals surface area contributed by atoms with Gasteiger partial charge >= 0.3 is 0 Å². The number of allylic oxidation sites excluding steroid dienone is 1. The first-order valence-corrected chi connectivity index (χ1v) is 7.09. The molecule has 112 valence electrons. The Morgan fingerprint density at radius 3 is 2.71 bits per heavy atom. The molecule has 0 saturated heterocycles. The van der Waals surface area contributed by atoms with E-state index in [1.807, 2.05) is 6.92 Å². The van der Waals surface area contributed by atoms with Gasteiger partial charge in [0.15, 0.2) is 5.78 Å². The summed E-state index contributed by atoms with van der Waals surface area (Å²) in [6.45, 7) is 8.79. The molecule has 21 heavy (non-hydrogen) atoms. The number of hydrogen-bond acceptors (Lipinski definition) is 2. The minimum absolute atomic E-state index is 0.0221. The molecule has 0 spiro atoms. The van der Waals surface area contributed by atoms with Crippen molar-refractivity contribution in [2.75, 3.05) is 5.32 Å². The van der Waals surface area contributed by atoms with Crippen LogP contribution in [0.1, 0.15) is 48.2 Å². The highest BCUT2D eigenvalue weighted by Gasteiger charge is 2.31. The largest absolute Gasteiger partial charge is 0.326 e. The molecule has 1 atom stereocenters. The summed E-state index contributed by atoms with van der Waals surface area (Å²) >= 11 is 0. The number of nitrogens with one attached hydrogen (secondary N) is 1. The number of carbonyl (C=O) groups is 2. The van der Waals surface area contributed by atoms with Gasteiger partial charge in [-0.1, -0.05) is 5.57 Å². The Morgan fingerprint density at radius 1 is 1.48 bits per heavy atom. The molecular formula is C17H20FNO2. The van der Waals surface area contributed by atoms with Crippen LogP contribution in [0.5, 0.6) is 0 Å². The first kappa shape index (κ1) is 15.4. The lowest BCUT2D eigenvalue weighted by atomic mass is 9.77. The SMILES string of the molecule is C=C(C)CC1CCc2c(C)c(F)cc(NC(C)=O)c2C1=O. The molecule has 0 saturated carbocycles. The standard InChI is InChI=1S/C17H20FNO2/c1-9(2)7-12-5-6-13-10(3)14(18)8-15(19-11(4)20)16(13)17(12)21/h8,12H,1,5-7H2,2-4H3,(H,19,20). The number of amides is 1. The molecule has 0 bridgehead atoms. The Labute approximate surface area is 124 Å². The molecule has 0 heterocycles. The van der Waals surface area contributed by atoms with E-state index in [9.17, 15) is 14.0 Å². The quantitative estimate of drug-likeness (QED) is 0.860. The maximum absolute atomic E-state index is 14.0. The van der Waals surface area contributed by atoms with Gasteiger partial charge < -0.3 is 5.32 Å². The maximum atomic E-state index is 14.0. The van der Waals surface area contributed by atoms with Crippen LogP contribution in [0.2, 0.25) is 0 Å². The van der Waals surface area contributed by atoms with Gasteiger partial charge in [0.05, 0.1) is 5.69 Å². The average molecular weight is 289 g/mol. The number of hydrogen-bond donors (Lipinski definition) is 1. The predicted molar refractivity (Wildman–Crippen MR) is 81.0 cm³/mol. The summed E-state index contributed by atoms with van der Waals surface area (Å²) < 4.78 is 14.0. The van der Waals surface area contributed by atoms with Gasteiger partial charge in [-0.15, -0.1) is 6.58 Å². The van der Waals surface area contributed by atoms with E-state index in [1.54, 1.807) is 6.92 Å². The number of benzene rings is 1. The average Bonchev–Trinajstić information content (AvgIpc) is 2.37. The molecule has 0 radical (unpaired) electrons. The third-order valence-corrected chi connectivity index (χ3v) is 3.92. The molecule has 4 heteroatoms. The second kappa shape index (κ2) is 5.80. The number of ketones is 1. The van der Waals surface area contributed by atoms with Gasteiger partial charge in [-0.3, -0.25) is 9.59 Å². The van der Waals surface area contributed by atoms with E-state index < -0.39 is 0 Å². The van der Waals surface area contributed by atoms with Gasteiger partial charge in [0.25, 0.3) is 0 Å². The topological polar surface area (TPSA) is 46.2 Å². The first-order chi connectivity index (χ1) is 9.81. The molecule has 1 N–H and O–H groups in total. The Morgan fingerprint density at radius 2 is 2.14 bits per heavy atom. The summed E-state index contributed by atoms with van der Waals surface area (Å²) in [4.78, 5) is 24.0. The number of carbonyl (C=O) groups excluding carboxylic acids is 2. The van der Waals surface area contributed by atoms with Crippen molar-refractivity contribution in [2.24, 2.45) is 5.92 Å². The Kier molecular flexibility index (Phi) is 4.26. The summed E-state index contributed by atoms with van der Waals surface area (Å²) in [6, 6.07) is 1.25. The smallest absolute Gasteiger partial charge is 0.221 e. The van der Waals surface area contributed by atoms with Crippen LogP contribution < -0.4 is 5.32 Å². The van der Waals surface area contributed by atoms with Crippen molar-refractivity contribution in [3.05, 3.63) is 40.7 Å². The zero-order valence-corrected chi connectivity index (χ0v) is 12.7. The van der Waals surface area contributed by atoms with Crippen molar-refractivity contribution < 1.29 is 14.0 Å². The Balaban J connectivity index is 2.53. The summed E-state index contributed by atoms with van der Waals surface area (Å²) in [7, 11) is 0. The van der Waals surface area contributed by atoms with Crippen molar-refractivity contribution in [2.45, 2.75) is 40.0 Å². The normalized spacial score (nSPS) is 17.3. The molecule has 0 aromatic heterocycles. The summed E-state index contributed by atoms with van der Waals surface area (Å²) in [5.41, 5.74) is 2.94. The van der Waals surface area contributed by atoms with E-state index in [4.69, 9.17) is 0 Å². The second-order valence-corrected chi connectivity index (χ2v) is 5.83. The van der Waals surface area contributed by atoms with Gasteiger partial charge in [0, 0.05) is 18.4 Å². The van der Waals surface area contributed by atoms with Crippen LogP contribution in [-0.2, 0) is 11.2 Å². The van der Waals surface area contributed by atoms with Crippen molar-refractivity contribution >= 4 is 17.4 Å². The highest BCUT2D eigenvalue weighted by molar-refractivity contribution is 6.08. The molecule has 3 nitrogen and oxygen atoms in total. The number of Topliss-reactive ketones (excluding diaryl/α,β-unsaturated/α-hetero) is 1. The summed E-state index contributed by atoms with van der Waals surface area (Å²) in [6.07, 6.45) is 1.98. The van der Waals surface area contributed by atoms with E-state index >= 15 is 0 Å². The lowest BCUT2D eigenvalue weighted by Gasteiger charge is -2.27. The molecule has 1 unspecified atom stereocenters. The van der Waals surface area contributed by atoms with Crippen molar-refractivity contribution in [1.29, 1.82) is 0 Å². The van der Waals surface area contributed by atoms with E-state index in [-0.39, 0.29) is 29.1 Å². The van der Waals surface area contributed by atoms with E-state index in [0.717, 1.165) is 11.1 Å². The lowest BCUT2D eigenvalue weighted by molar-refractivity contribution is -0.114. The van der Waals surface area contributed by atoms with E-state index in [0.29, 0.717) is 30.4 Å². The molecule has 0 aliphatic heterocycles. The van der Waals surface area contributed by atoms with Gasteiger partial charge in [-0.05, 0) is 50.3 Å². The molecule has 1 aliphatic carbocycles. The third-order valence-electron chi connectivity index (χ3n) is 3.92. The molecule has 1 amide bonds. The van der Waals surface area contributed by atoms with Crippen LogP contribution in [-0.4, -0.2) is 11.7 Å². The minimum atomic E-state index is -0.386. The first-order valence-electron chi connectivity index (χ1n) is 7.09. The molecule has 1 aromatic rings. The number of halogens is 1. The highest BCUT2D eigenvalue weighted by Crippen LogP contribution is 2.36. The van der Waals surface area contributed by atoms with Gasteiger partial charge in [-0.2, -0.15) is 0 Å². The van der Waals surface area contributed by atoms with Crippen LogP contribution in [0.3, 0.4) is 0 Å². The van der Waals surface area contributed by atoms with Crippen LogP contribution >= 0.6 is 0 Å². The fourth-order valence-electron chi connectivity index (χ4n) is 2.95. The molecule has 0 fully saturated rings. The number of anilines is 1. The van der Waals surface area contributed by atoms with Crippen LogP contribution in [0.4, 0.5) is 10.1 Å². The molecule has 1 aliphatic rings. The van der Waals surface area contributed by atoms with Crippen LogP contribution in [0.25, 0.3) is 0 Å². The zero-order chi connectivity index (χ0) is 15.7. The van der Waals surface area contributed by atoms with Gasteiger partial charge in [0.1, 0.15) is 5.82 Å². The van der Waals surface area contributed by atoms with Crippen molar-refractivity contribution in [3.63, 3.8) is 0 Å². The molecular weight excluding hydrogens is 269 g/mol. The summed E-state index contributed by atoms with van der Waals surface area (Å²) in [5, 5.41) is 2.58. The number of rotatable bonds is 3. The van der Waals surface area contributed by atoms with Crippen molar-refractivity contribution in [3.8, 4) is 0 Å². The maximum Gasteiger partial charge on any atom is 0.221 e. The van der Waals surface area contributed by atoms with E-state index in [2.05, 4.69) is 11.9 Å². The minimum Gasteiger partial charge on any atom is -0.326 e. The highest BCUT2D eigenvalue weighted by atomic mass is 19.1. The van der Waals surface area contributed by atoms with Crippen LogP contribution in [0.15, 0.2) is 18.2 Å². The molecule has 1 aromatic carbocycles. The second-order valence-electron chi connectivity index (χ2n) is 5.83. The Bertz CT molecular complexity index is 634. The zero-order valence-electron chi connectivity index (χ0n) is 12.7. The van der Waals surface area contributed by atoms with Crippen molar-refractivity contribution in [1.82, 2.24) is 0 Å². The Hall–Kier alpha value is -1.97. The fraction of sp³-hybridized carbons (Fsp3) is 0.412. The summed E-state index contributed by atoms with van der Waals surface area (Å²) in [5.74, 6) is -0.850. The van der Waals surface area contributed by atoms with Gasteiger partial charge in [-0.25, -0.2) is 4.39 Å². The number of fused-ring (bicyclic) bond motifs is 1. The molecule has 2 rings (SSSR count). The van der Waals surface area contributed by atoms with Gasteiger partial charge in [0.2, 0.25) is 5.91 Å². The predicted octanol–water partition coefficient (Wildman–Crippen LogP) is 3.80.